The first-order chi connectivity index (χ1) is 9.19. The van der Waals surface area contributed by atoms with E-state index in [9.17, 15) is 9.90 Å². The summed E-state index contributed by atoms with van der Waals surface area (Å²) in [4.78, 5) is 13.3. The van der Waals surface area contributed by atoms with Crippen LogP contribution in [0.3, 0.4) is 0 Å². The highest BCUT2D eigenvalue weighted by molar-refractivity contribution is 5.73. The largest absolute Gasteiger partial charge is 0.480 e. The molecule has 2 atom stereocenters. The Morgan fingerprint density at radius 2 is 1.95 bits per heavy atom. The third kappa shape index (κ3) is 2.79. The fourth-order valence-electron chi connectivity index (χ4n) is 4.17. The van der Waals surface area contributed by atoms with Crippen molar-refractivity contribution in [1.29, 1.82) is 0 Å². The van der Waals surface area contributed by atoms with E-state index in [0.717, 1.165) is 32.4 Å². The van der Waals surface area contributed by atoms with Crippen LogP contribution in [0.2, 0.25) is 0 Å². The lowest BCUT2D eigenvalue weighted by molar-refractivity contribution is -0.143. The van der Waals surface area contributed by atoms with Crippen molar-refractivity contribution in [3.05, 3.63) is 0 Å². The minimum Gasteiger partial charge on any atom is -0.480 e. The zero-order valence-electron chi connectivity index (χ0n) is 11.6. The van der Waals surface area contributed by atoms with Crippen molar-refractivity contribution in [2.45, 2.75) is 75.5 Å². The molecule has 0 aromatic carbocycles. The highest BCUT2D eigenvalue weighted by Gasteiger charge is 2.42. The van der Waals surface area contributed by atoms with Crippen LogP contribution in [0.4, 0.5) is 0 Å². The summed E-state index contributed by atoms with van der Waals surface area (Å²) in [7, 11) is 0. The van der Waals surface area contributed by atoms with E-state index >= 15 is 0 Å². The molecule has 4 heteroatoms. The van der Waals surface area contributed by atoms with Crippen LogP contribution < -0.4 is 0 Å². The molecule has 0 radical (unpaired) electrons. The summed E-state index contributed by atoms with van der Waals surface area (Å²) >= 11 is 0. The standard InChI is InChI=1S/C15H25NO3/c17-14(18)13-5-4-10-16(13)11-12-6-9-15(19-12)7-2-1-3-8-15/h12-13H,1-11H2,(H,17,18). The number of nitrogens with zero attached hydrogens (tertiary/aromatic N) is 1. The normalized spacial score (nSPS) is 34.9. The van der Waals surface area contributed by atoms with E-state index < -0.39 is 5.97 Å². The van der Waals surface area contributed by atoms with E-state index in [-0.39, 0.29) is 17.7 Å². The van der Waals surface area contributed by atoms with E-state index in [2.05, 4.69) is 4.90 Å². The maximum Gasteiger partial charge on any atom is 0.320 e. The molecule has 3 aliphatic rings. The molecule has 0 aromatic heterocycles. The van der Waals surface area contributed by atoms with Gasteiger partial charge in [-0.2, -0.15) is 0 Å². The number of ether oxygens (including phenoxy) is 1. The Morgan fingerprint density at radius 3 is 2.68 bits per heavy atom. The lowest BCUT2D eigenvalue weighted by Gasteiger charge is -2.34. The highest BCUT2D eigenvalue weighted by Crippen LogP contribution is 2.42. The van der Waals surface area contributed by atoms with Crippen molar-refractivity contribution in [2.75, 3.05) is 13.1 Å². The smallest absolute Gasteiger partial charge is 0.320 e. The number of hydrogen-bond donors (Lipinski definition) is 1. The van der Waals surface area contributed by atoms with Crippen LogP contribution in [0.15, 0.2) is 0 Å². The van der Waals surface area contributed by atoms with Gasteiger partial charge in [-0.3, -0.25) is 9.69 Å². The van der Waals surface area contributed by atoms with Crippen molar-refractivity contribution in [1.82, 2.24) is 4.90 Å². The average Bonchev–Trinajstić information content (AvgIpc) is 2.99. The Balaban J connectivity index is 1.55. The van der Waals surface area contributed by atoms with Gasteiger partial charge in [-0.25, -0.2) is 0 Å². The van der Waals surface area contributed by atoms with Crippen LogP contribution in [0.1, 0.15) is 57.8 Å². The molecule has 1 spiro atoms. The van der Waals surface area contributed by atoms with Crippen LogP contribution in [0, 0.1) is 0 Å². The maximum absolute atomic E-state index is 11.2. The predicted molar refractivity (Wildman–Crippen MR) is 72.2 cm³/mol. The molecule has 108 valence electrons. The SMILES string of the molecule is O=C(O)C1CCCN1CC1CCC2(CCCCC2)O1. The Bertz CT molecular complexity index is 338. The number of carboxylic acids is 1. The number of aliphatic carboxylic acids is 1. The molecule has 19 heavy (non-hydrogen) atoms. The number of likely N-dealkylation sites (tertiary alicyclic amines) is 1. The van der Waals surface area contributed by atoms with E-state index in [0.29, 0.717) is 0 Å². The minimum absolute atomic E-state index is 0.154. The van der Waals surface area contributed by atoms with Gasteiger partial charge in [0.2, 0.25) is 0 Å². The molecule has 1 aliphatic carbocycles. The zero-order valence-corrected chi connectivity index (χ0v) is 11.6. The molecule has 3 fully saturated rings. The second-order valence-corrected chi connectivity index (χ2v) is 6.51. The van der Waals surface area contributed by atoms with Crippen LogP contribution in [0.25, 0.3) is 0 Å². The maximum atomic E-state index is 11.2. The Labute approximate surface area is 115 Å². The zero-order chi connectivity index (χ0) is 13.3. The Hall–Kier alpha value is -0.610. The van der Waals surface area contributed by atoms with E-state index in [1.165, 1.54) is 38.5 Å². The summed E-state index contributed by atoms with van der Waals surface area (Å²) in [5, 5.41) is 9.22. The van der Waals surface area contributed by atoms with Crippen LogP contribution in [-0.2, 0) is 9.53 Å². The fourth-order valence-corrected chi connectivity index (χ4v) is 4.17. The van der Waals surface area contributed by atoms with Crippen molar-refractivity contribution in [3.63, 3.8) is 0 Å². The number of hydrogen-bond acceptors (Lipinski definition) is 3. The van der Waals surface area contributed by atoms with E-state index in [4.69, 9.17) is 4.74 Å². The van der Waals surface area contributed by atoms with Gasteiger partial charge >= 0.3 is 5.97 Å². The Morgan fingerprint density at radius 1 is 1.16 bits per heavy atom. The molecule has 4 nitrogen and oxygen atoms in total. The summed E-state index contributed by atoms with van der Waals surface area (Å²) < 4.78 is 6.35. The van der Waals surface area contributed by atoms with Gasteiger partial charge in [-0.15, -0.1) is 0 Å². The first-order valence-electron chi connectivity index (χ1n) is 7.83. The molecule has 2 unspecified atom stereocenters. The molecule has 2 aliphatic heterocycles. The number of carboxylic acid groups (broad SMARTS) is 1. The number of rotatable bonds is 3. The van der Waals surface area contributed by atoms with Crippen molar-refractivity contribution in [2.24, 2.45) is 0 Å². The molecule has 2 saturated heterocycles. The minimum atomic E-state index is -0.664. The second-order valence-electron chi connectivity index (χ2n) is 6.51. The van der Waals surface area contributed by atoms with Crippen molar-refractivity contribution < 1.29 is 14.6 Å². The molecule has 3 rings (SSSR count). The van der Waals surface area contributed by atoms with Gasteiger partial charge in [0.1, 0.15) is 6.04 Å². The molecule has 1 saturated carbocycles. The topological polar surface area (TPSA) is 49.8 Å². The van der Waals surface area contributed by atoms with Crippen LogP contribution in [0.5, 0.6) is 0 Å². The van der Waals surface area contributed by atoms with Gasteiger partial charge in [0.25, 0.3) is 0 Å². The van der Waals surface area contributed by atoms with Crippen LogP contribution >= 0.6 is 0 Å². The second kappa shape index (κ2) is 5.41. The quantitative estimate of drug-likeness (QED) is 0.853. The lowest BCUT2D eigenvalue weighted by Crippen LogP contribution is -2.41. The summed E-state index contributed by atoms with van der Waals surface area (Å²) in [6, 6.07) is -0.272. The lowest BCUT2D eigenvalue weighted by atomic mass is 9.83. The average molecular weight is 267 g/mol. The summed E-state index contributed by atoms with van der Waals surface area (Å²) in [5.41, 5.74) is 0.154. The van der Waals surface area contributed by atoms with Gasteiger partial charge in [0.05, 0.1) is 11.7 Å². The summed E-state index contributed by atoms with van der Waals surface area (Å²) in [5.74, 6) is -0.664. The Kier molecular flexibility index (Phi) is 3.81. The van der Waals surface area contributed by atoms with Crippen molar-refractivity contribution in [3.8, 4) is 0 Å². The third-order valence-electron chi connectivity index (χ3n) is 5.19. The van der Waals surface area contributed by atoms with Gasteiger partial charge < -0.3 is 9.84 Å². The predicted octanol–water partition coefficient (Wildman–Crippen LogP) is 2.42. The number of carbonyl (C=O) groups is 1. The third-order valence-corrected chi connectivity index (χ3v) is 5.19. The van der Waals surface area contributed by atoms with E-state index in [1.54, 1.807) is 0 Å². The first-order valence-corrected chi connectivity index (χ1v) is 7.83. The van der Waals surface area contributed by atoms with E-state index in [1.807, 2.05) is 0 Å². The molecular formula is C15H25NO3. The molecule has 2 heterocycles. The molecule has 0 bridgehead atoms. The molecule has 0 aromatic rings. The summed E-state index contributed by atoms with van der Waals surface area (Å²) in [6.45, 7) is 1.74. The monoisotopic (exact) mass is 267 g/mol. The fraction of sp³-hybridized carbons (Fsp3) is 0.933. The summed E-state index contributed by atoms with van der Waals surface area (Å²) in [6.07, 6.45) is 10.7. The van der Waals surface area contributed by atoms with Gasteiger partial charge in [-0.1, -0.05) is 19.3 Å². The first kappa shape index (κ1) is 13.4. The molecule has 0 amide bonds. The van der Waals surface area contributed by atoms with Crippen LogP contribution in [-0.4, -0.2) is 46.8 Å². The van der Waals surface area contributed by atoms with Gasteiger partial charge in [0.15, 0.2) is 0 Å². The highest BCUT2D eigenvalue weighted by atomic mass is 16.5. The molecular weight excluding hydrogens is 242 g/mol. The van der Waals surface area contributed by atoms with Crippen molar-refractivity contribution >= 4 is 5.97 Å². The van der Waals surface area contributed by atoms with Gasteiger partial charge in [-0.05, 0) is 45.1 Å². The van der Waals surface area contributed by atoms with Gasteiger partial charge in [0, 0.05) is 6.54 Å². The molecule has 1 N–H and O–H groups in total.